The summed E-state index contributed by atoms with van der Waals surface area (Å²) in [5.41, 5.74) is 2.97. The van der Waals surface area contributed by atoms with Gasteiger partial charge in [-0.2, -0.15) is 4.98 Å². The van der Waals surface area contributed by atoms with Crippen molar-refractivity contribution in [2.45, 2.75) is 19.6 Å². The van der Waals surface area contributed by atoms with E-state index in [0.29, 0.717) is 29.8 Å². The molecule has 9 heteroatoms. The van der Waals surface area contributed by atoms with Crippen molar-refractivity contribution in [3.05, 3.63) is 60.0 Å². The minimum Gasteiger partial charge on any atom is -0.459 e. The minimum atomic E-state index is 0.351. The van der Waals surface area contributed by atoms with Crippen LogP contribution in [0.2, 0.25) is 0 Å². The molecule has 0 spiro atoms. The maximum absolute atomic E-state index is 5.27. The molecule has 4 aromatic heterocycles. The zero-order valence-electron chi connectivity index (χ0n) is 14.2. The molecule has 1 aliphatic rings. The third kappa shape index (κ3) is 3.04. The highest BCUT2D eigenvalue weighted by molar-refractivity contribution is 5.60. The molecule has 0 bridgehead atoms. The van der Waals surface area contributed by atoms with Crippen molar-refractivity contribution in [2.75, 3.05) is 5.32 Å². The van der Waals surface area contributed by atoms with Crippen molar-refractivity contribution in [1.29, 1.82) is 0 Å². The first-order chi connectivity index (χ1) is 13.4. The average molecular weight is 361 g/mol. The maximum atomic E-state index is 5.27. The highest BCUT2D eigenvalue weighted by atomic mass is 16.5. The Balaban J connectivity index is 1.41. The van der Waals surface area contributed by atoms with Gasteiger partial charge in [-0.15, -0.1) is 0 Å². The Kier molecular flexibility index (Phi) is 3.83. The zero-order chi connectivity index (χ0) is 18.1. The number of anilines is 1. The number of nitrogens with zero attached hydrogens (tertiary/aromatic N) is 5. The fraction of sp³-hybridized carbons (Fsp3) is 0.167. The van der Waals surface area contributed by atoms with Crippen molar-refractivity contribution in [1.82, 2.24) is 30.4 Å². The SMILES string of the molecule is c1coc(-c2nc(CNc3nc(-c4ccncc4)nc4c3CNC4)no2)c1. The summed E-state index contributed by atoms with van der Waals surface area (Å²) in [4.78, 5) is 17.8. The number of hydrogen-bond donors (Lipinski definition) is 2. The molecular formula is C18H15N7O2. The van der Waals surface area contributed by atoms with Crippen LogP contribution in [0.3, 0.4) is 0 Å². The van der Waals surface area contributed by atoms with E-state index in [1.54, 1.807) is 30.8 Å². The Bertz CT molecular complexity index is 1060. The van der Waals surface area contributed by atoms with Gasteiger partial charge in [0.2, 0.25) is 0 Å². The third-order valence-corrected chi connectivity index (χ3v) is 4.24. The van der Waals surface area contributed by atoms with Gasteiger partial charge in [0.15, 0.2) is 17.4 Å². The Labute approximate surface area is 153 Å². The van der Waals surface area contributed by atoms with Gasteiger partial charge in [-0.1, -0.05) is 5.16 Å². The minimum absolute atomic E-state index is 0.351. The fourth-order valence-corrected chi connectivity index (χ4v) is 2.93. The van der Waals surface area contributed by atoms with Crippen LogP contribution in [-0.4, -0.2) is 25.1 Å². The lowest BCUT2D eigenvalue weighted by Gasteiger charge is -2.10. The molecule has 0 unspecified atom stereocenters. The van der Waals surface area contributed by atoms with E-state index < -0.39 is 0 Å². The molecule has 4 aromatic rings. The molecule has 0 saturated heterocycles. The van der Waals surface area contributed by atoms with Crippen LogP contribution in [-0.2, 0) is 19.6 Å². The smallest absolute Gasteiger partial charge is 0.293 e. The second-order valence-electron chi connectivity index (χ2n) is 6.01. The highest BCUT2D eigenvalue weighted by Crippen LogP contribution is 2.26. The van der Waals surface area contributed by atoms with E-state index in [0.717, 1.165) is 35.7 Å². The molecule has 9 nitrogen and oxygen atoms in total. The Hall–Kier alpha value is -3.59. The summed E-state index contributed by atoms with van der Waals surface area (Å²) in [5.74, 6) is 2.84. The zero-order valence-corrected chi connectivity index (χ0v) is 14.2. The molecule has 2 N–H and O–H groups in total. The Morgan fingerprint density at radius 3 is 2.85 bits per heavy atom. The van der Waals surface area contributed by atoms with Crippen LogP contribution < -0.4 is 10.6 Å². The average Bonchev–Trinajstić information content (AvgIpc) is 3.47. The number of aromatic nitrogens is 5. The lowest BCUT2D eigenvalue weighted by atomic mass is 10.2. The number of furan rings is 1. The first-order valence-electron chi connectivity index (χ1n) is 8.48. The lowest BCUT2D eigenvalue weighted by Crippen LogP contribution is -2.08. The van der Waals surface area contributed by atoms with Crippen molar-refractivity contribution in [2.24, 2.45) is 0 Å². The number of hydrogen-bond acceptors (Lipinski definition) is 9. The monoisotopic (exact) mass is 361 g/mol. The topological polar surface area (TPSA) is 115 Å². The molecule has 0 aromatic carbocycles. The largest absolute Gasteiger partial charge is 0.459 e. The van der Waals surface area contributed by atoms with Gasteiger partial charge in [0.05, 0.1) is 18.5 Å². The van der Waals surface area contributed by atoms with Gasteiger partial charge in [0.25, 0.3) is 5.89 Å². The van der Waals surface area contributed by atoms with Crippen molar-refractivity contribution >= 4 is 5.82 Å². The maximum Gasteiger partial charge on any atom is 0.293 e. The van der Waals surface area contributed by atoms with Gasteiger partial charge >= 0.3 is 0 Å². The second kappa shape index (κ2) is 6.61. The van der Waals surface area contributed by atoms with Gasteiger partial charge in [-0.3, -0.25) is 4.98 Å². The Morgan fingerprint density at radius 2 is 2.00 bits per heavy atom. The van der Waals surface area contributed by atoms with Crippen LogP contribution in [0.5, 0.6) is 0 Å². The van der Waals surface area contributed by atoms with Gasteiger partial charge in [-0.05, 0) is 24.3 Å². The molecule has 0 fully saturated rings. The van der Waals surface area contributed by atoms with Gasteiger partial charge in [0, 0.05) is 36.6 Å². The third-order valence-electron chi connectivity index (χ3n) is 4.24. The molecule has 0 amide bonds. The summed E-state index contributed by atoms with van der Waals surface area (Å²) in [5, 5.41) is 10.6. The van der Waals surface area contributed by atoms with Crippen molar-refractivity contribution in [3.63, 3.8) is 0 Å². The summed E-state index contributed by atoms with van der Waals surface area (Å²) in [6.45, 7) is 1.82. The number of pyridine rings is 1. The summed E-state index contributed by atoms with van der Waals surface area (Å²) in [6, 6.07) is 7.33. The normalized spacial score (nSPS) is 12.9. The predicted octanol–water partition coefficient (Wildman–Crippen LogP) is 2.40. The quantitative estimate of drug-likeness (QED) is 0.553. The second-order valence-corrected chi connectivity index (χ2v) is 6.01. The molecule has 1 aliphatic heterocycles. The summed E-state index contributed by atoms with van der Waals surface area (Å²) < 4.78 is 10.5. The molecular weight excluding hydrogens is 346 g/mol. The lowest BCUT2D eigenvalue weighted by molar-refractivity contribution is 0.410. The molecule has 5 rings (SSSR count). The first-order valence-corrected chi connectivity index (χ1v) is 8.48. The Morgan fingerprint density at radius 1 is 1.07 bits per heavy atom. The van der Waals surface area contributed by atoms with Crippen LogP contribution in [0.4, 0.5) is 5.82 Å². The number of nitrogens with one attached hydrogen (secondary N) is 2. The van der Waals surface area contributed by atoms with Crippen LogP contribution in [0, 0.1) is 0 Å². The fourth-order valence-electron chi connectivity index (χ4n) is 2.93. The molecule has 0 aliphatic carbocycles. The first kappa shape index (κ1) is 15.6. The molecule has 5 heterocycles. The highest BCUT2D eigenvalue weighted by Gasteiger charge is 2.20. The van der Waals surface area contributed by atoms with E-state index in [9.17, 15) is 0 Å². The van der Waals surface area contributed by atoms with Crippen LogP contribution >= 0.6 is 0 Å². The van der Waals surface area contributed by atoms with Crippen molar-refractivity contribution in [3.8, 4) is 23.0 Å². The van der Waals surface area contributed by atoms with Crippen molar-refractivity contribution < 1.29 is 8.94 Å². The molecule has 0 atom stereocenters. The van der Waals surface area contributed by atoms with E-state index in [-0.39, 0.29) is 0 Å². The van der Waals surface area contributed by atoms with E-state index >= 15 is 0 Å². The van der Waals surface area contributed by atoms with Crippen LogP contribution in [0.1, 0.15) is 17.1 Å². The van der Waals surface area contributed by atoms with Crippen LogP contribution in [0.15, 0.2) is 51.9 Å². The summed E-state index contributed by atoms with van der Waals surface area (Å²) in [6.07, 6.45) is 5.02. The van der Waals surface area contributed by atoms with Gasteiger partial charge < -0.3 is 19.6 Å². The molecule has 0 radical (unpaired) electrons. The van der Waals surface area contributed by atoms with Gasteiger partial charge in [-0.25, -0.2) is 9.97 Å². The van der Waals surface area contributed by atoms with E-state index in [2.05, 4.69) is 30.7 Å². The van der Waals surface area contributed by atoms with E-state index in [4.69, 9.17) is 13.9 Å². The standard InChI is InChI=1S/C18H15N7O2/c1-2-14(26-7-1)18-23-15(25-27-18)10-21-17-12-8-20-9-13(12)22-16(24-17)11-3-5-19-6-4-11/h1-7,20H,8-10H2,(H,21,22,24). The van der Waals surface area contributed by atoms with Crippen LogP contribution in [0.25, 0.3) is 23.0 Å². The predicted molar refractivity (Wildman–Crippen MR) is 95.1 cm³/mol. The van der Waals surface area contributed by atoms with Gasteiger partial charge in [0.1, 0.15) is 5.82 Å². The van der Waals surface area contributed by atoms with E-state index in [1.165, 1.54) is 0 Å². The summed E-state index contributed by atoms with van der Waals surface area (Å²) >= 11 is 0. The number of rotatable bonds is 5. The molecule has 134 valence electrons. The summed E-state index contributed by atoms with van der Waals surface area (Å²) in [7, 11) is 0. The van der Waals surface area contributed by atoms with E-state index in [1.807, 2.05) is 12.1 Å². The number of fused-ring (bicyclic) bond motifs is 1. The molecule has 27 heavy (non-hydrogen) atoms. The molecule has 0 saturated carbocycles.